The lowest BCUT2D eigenvalue weighted by Crippen LogP contribution is -2.06. The molecule has 0 saturated carbocycles. The molecule has 0 aliphatic heterocycles. The Morgan fingerprint density at radius 2 is 0.955 bits per heavy atom. The first-order valence-corrected chi connectivity index (χ1v) is 6.50. The molecule has 0 fully saturated rings. The van der Waals surface area contributed by atoms with Crippen molar-refractivity contribution < 1.29 is 18.4 Å². The van der Waals surface area contributed by atoms with E-state index in [0.717, 1.165) is 12.2 Å². The van der Waals surface area contributed by atoms with Crippen LogP contribution in [0.15, 0.2) is 60.7 Å². The minimum Gasteiger partial charge on any atom is -0.286 e. The molecule has 0 spiro atoms. The number of hydrogen-bond donors (Lipinski definition) is 0. The van der Waals surface area contributed by atoms with Crippen LogP contribution in [0.5, 0.6) is 0 Å². The van der Waals surface area contributed by atoms with E-state index in [9.17, 15) is 18.4 Å². The number of rotatable bonds is 5. The van der Waals surface area contributed by atoms with Gasteiger partial charge in [0.2, 0.25) is 11.6 Å². The summed E-state index contributed by atoms with van der Waals surface area (Å²) < 4.78 is 25.4. The van der Waals surface area contributed by atoms with E-state index in [1.807, 2.05) is 0 Å². The lowest BCUT2D eigenvalue weighted by Gasteiger charge is -1.93. The van der Waals surface area contributed by atoms with E-state index in [1.54, 1.807) is 0 Å². The van der Waals surface area contributed by atoms with Crippen LogP contribution in [0.4, 0.5) is 8.78 Å². The molecule has 0 unspecified atom stereocenters. The Hall–Kier alpha value is -2.88. The topological polar surface area (TPSA) is 34.1 Å². The van der Waals surface area contributed by atoms with Crippen LogP contribution in [0.3, 0.4) is 0 Å². The molecule has 0 aliphatic carbocycles. The summed E-state index contributed by atoms with van der Waals surface area (Å²) >= 11 is 0. The van der Waals surface area contributed by atoms with Gasteiger partial charge in [0.25, 0.3) is 0 Å². The van der Waals surface area contributed by atoms with Crippen molar-refractivity contribution in [1.29, 1.82) is 0 Å². The predicted octanol–water partition coefficient (Wildman–Crippen LogP) is 3.83. The van der Waals surface area contributed by atoms with Crippen molar-refractivity contribution in [1.82, 2.24) is 0 Å². The minimum atomic E-state index is -0.692. The molecule has 0 aromatic heterocycles. The number of ketones is 2. The van der Waals surface area contributed by atoms with Crippen LogP contribution in [0.25, 0.3) is 12.2 Å². The van der Waals surface area contributed by atoms with E-state index in [-0.39, 0.29) is 11.6 Å². The molecule has 0 heterocycles. The van der Waals surface area contributed by atoms with Gasteiger partial charge in [-0.05, 0) is 47.5 Å². The second kappa shape index (κ2) is 7.22. The summed E-state index contributed by atoms with van der Waals surface area (Å²) in [5, 5.41) is 0. The summed E-state index contributed by atoms with van der Waals surface area (Å²) in [7, 11) is 0. The molecule has 0 radical (unpaired) electrons. The van der Waals surface area contributed by atoms with Crippen LogP contribution in [-0.4, -0.2) is 11.6 Å². The van der Waals surface area contributed by atoms with Crippen molar-refractivity contribution in [3.05, 3.63) is 83.4 Å². The molecule has 22 heavy (non-hydrogen) atoms. The number of benzene rings is 2. The first-order valence-electron chi connectivity index (χ1n) is 6.50. The molecule has 2 rings (SSSR count). The Morgan fingerprint density at radius 3 is 1.27 bits per heavy atom. The second-order valence-corrected chi connectivity index (χ2v) is 4.50. The van der Waals surface area contributed by atoms with Gasteiger partial charge in [-0.15, -0.1) is 0 Å². The number of carbonyl (C=O) groups excluding carboxylic acids is 2. The molecule has 4 heteroatoms. The van der Waals surface area contributed by atoms with Crippen molar-refractivity contribution >= 4 is 23.7 Å². The number of carbonyl (C=O) groups is 2. The smallest absolute Gasteiger partial charge is 0.225 e. The molecular weight excluding hydrogens is 286 g/mol. The fraction of sp³-hybridized carbons (Fsp3) is 0. The first kappa shape index (κ1) is 15.5. The van der Waals surface area contributed by atoms with Crippen molar-refractivity contribution in [2.45, 2.75) is 0 Å². The molecular formula is C18H12F2O2. The summed E-state index contributed by atoms with van der Waals surface area (Å²) in [5.41, 5.74) is 1.23. The average molecular weight is 298 g/mol. The fourth-order valence-corrected chi connectivity index (χ4v) is 1.66. The largest absolute Gasteiger partial charge is 0.286 e. The molecule has 0 aliphatic rings. The highest BCUT2D eigenvalue weighted by Crippen LogP contribution is 2.06. The number of hydrogen-bond acceptors (Lipinski definition) is 2. The van der Waals surface area contributed by atoms with Gasteiger partial charge in [0.05, 0.1) is 0 Å². The average Bonchev–Trinajstić information content (AvgIpc) is 2.53. The maximum absolute atomic E-state index is 12.7. The molecule has 0 atom stereocenters. The van der Waals surface area contributed by atoms with Gasteiger partial charge >= 0.3 is 0 Å². The lowest BCUT2D eigenvalue weighted by atomic mass is 10.1. The second-order valence-electron chi connectivity index (χ2n) is 4.50. The highest BCUT2D eigenvalue weighted by Gasteiger charge is 2.05. The van der Waals surface area contributed by atoms with Crippen LogP contribution < -0.4 is 0 Å². The van der Waals surface area contributed by atoms with Crippen LogP contribution in [-0.2, 0) is 9.59 Å². The van der Waals surface area contributed by atoms with Gasteiger partial charge in [-0.3, -0.25) is 9.59 Å². The third-order valence-electron chi connectivity index (χ3n) is 2.84. The third kappa shape index (κ3) is 4.59. The van der Waals surface area contributed by atoms with Gasteiger partial charge in [-0.1, -0.05) is 36.4 Å². The van der Waals surface area contributed by atoms with Crippen molar-refractivity contribution in [2.24, 2.45) is 0 Å². The van der Waals surface area contributed by atoms with Gasteiger partial charge in [0, 0.05) is 0 Å². The standard InChI is InChI=1S/C18H12F2O2/c19-15-7-1-13(2-8-15)5-11-17(21)18(22)12-6-14-3-9-16(20)10-4-14/h1-12H/b11-5+,12-6+. The Balaban J connectivity index is 1.98. The lowest BCUT2D eigenvalue weighted by molar-refractivity contribution is -0.130. The van der Waals surface area contributed by atoms with E-state index >= 15 is 0 Å². The minimum absolute atomic E-state index is 0.373. The molecule has 0 bridgehead atoms. The van der Waals surface area contributed by atoms with E-state index in [4.69, 9.17) is 0 Å². The maximum Gasteiger partial charge on any atom is 0.225 e. The predicted molar refractivity (Wildman–Crippen MR) is 80.9 cm³/mol. The Kier molecular flexibility index (Phi) is 5.09. The van der Waals surface area contributed by atoms with Gasteiger partial charge < -0.3 is 0 Å². The molecule has 110 valence electrons. The molecule has 2 aromatic carbocycles. The van der Waals surface area contributed by atoms with Crippen LogP contribution >= 0.6 is 0 Å². The van der Waals surface area contributed by atoms with Crippen LogP contribution in [0, 0.1) is 11.6 Å². The molecule has 0 amide bonds. The van der Waals surface area contributed by atoms with Crippen LogP contribution in [0.2, 0.25) is 0 Å². The van der Waals surface area contributed by atoms with Gasteiger partial charge in [0.1, 0.15) is 11.6 Å². The highest BCUT2D eigenvalue weighted by molar-refractivity contribution is 6.46. The van der Waals surface area contributed by atoms with E-state index in [0.29, 0.717) is 11.1 Å². The molecule has 2 nitrogen and oxygen atoms in total. The van der Waals surface area contributed by atoms with E-state index < -0.39 is 11.6 Å². The normalized spacial score (nSPS) is 11.2. The summed E-state index contributed by atoms with van der Waals surface area (Å²) in [6.45, 7) is 0. The summed E-state index contributed by atoms with van der Waals surface area (Å²) in [6, 6.07) is 11.0. The molecule has 0 saturated heterocycles. The zero-order valence-corrected chi connectivity index (χ0v) is 11.5. The summed E-state index contributed by atoms with van der Waals surface area (Å²) in [4.78, 5) is 23.3. The maximum atomic E-state index is 12.7. The Labute approximate surface area is 126 Å². The summed E-state index contributed by atoms with van der Waals surface area (Å²) in [6.07, 6.45) is 5.13. The molecule has 2 aromatic rings. The zero-order chi connectivity index (χ0) is 15.9. The Bertz CT molecular complexity index is 661. The van der Waals surface area contributed by atoms with Gasteiger partial charge in [0.15, 0.2) is 0 Å². The third-order valence-corrected chi connectivity index (χ3v) is 2.84. The van der Waals surface area contributed by atoms with Crippen molar-refractivity contribution in [2.75, 3.05) is 0 Å². The van der Waals surface area contributed by atoms with Crippen LogP contribution in [0.1, 0.15) is 11.1 Å². The fourth-order valence-electron chi connectivity index (χ4n) is 1.66. The SMILES string of the molecule is O=C(/C=C/c1ccc(F)cc1)C(=O)/C=C/c1ccc(F)cc1. The summed E-state index contributed by atoms with van der Waals surface area (Å²) in [5.74, 6) is -2.13. The highest BCUT2D eigenvalue weighted by atomic mass is 19.1. The van der Waals surface area contributed by atoms with Crippen molar-refractivity contribution in [3.63, 3.8) is 0 Å². The zero-order valence-electron chi connectivity index (χ0n) is 11.5. The van der Waals surface area contributed by atoms with E-state index in [2.05, 4.69) is 0 Å². The monoisotopic (exact) mass is 298 g/mol. The number of halogens is 2. The molecule has 0 N–H and O–H groups in total. The van der Waals surface area contributed by atoms with E-state index in [1.165, 1.54) is 60.7 Å². The van der Waals surface area contributed by atoms with Gasteiger partial charge in [-0.2, -0.15) is 0 Å². The quantitative estimate of drug-likeness (QED) is 0.621. The van der Waals surface area contributed by atoms with Crippen molar-refractivity contribution in [3.8, 4) is 0 Å². The Morgan fingerprint density at radius 1 is 0.636 bits per heavy atom. The number of allylic oxidation sites excluding steroid dienone is 2. The first-order chi connectivity index (χ1) is 10.5. The van der Waals surface area contributed by atoms with Gasteiger partial charge in [-0.25, -0.2) is 8.78 Å².